The average molecular weight is 257 g/mol. The summed E-state index contributed by atoms with van der Waals surface area (Å²) in [4.78, 5) is 22.7. The lowest BCUT2D eigenvalue weighted by Gasteiger charge is -1.99. The largest absolute Gasteiger partial charge is 0.466 e. The number of hydrogen-bond donors (Lipinski definition) is 0. The number of ether oxygens (including phenoxy) is 1. The second kappa shape index (κ2) is 7.83. The summed E-state index contributed by atoms with van der Waals surface area (Å²) in [6.45, 7) is 2.12. The van der Waals surface area contributed by atoms with E-state index in [1.165, 1.54) is 0 Å². The van der Waals surface area contributed by atoms with Crippen LogP contribution < -0.4 is 0 Å². The normalized spacial score (nSPS) is 10.1. The van der Waals surface area contributed by atoms with Gasteiger partial charge in [0.05, 0.1) is 25.5 Å². The van der Waals surface area contributed by atoms with Gasteiger partial charge in [-0.15, -0.1) is 0 Å². The minimum atomic E-state index is -0.282. The highest BCUT2D eigenvalue weighted by atomic mass is 16.5. The van der Waals surface area contributed by atoms with Gasteiger partial charge in [0, 0.05) is 5.56 Å². The van der Waals surface area contributed by atoms with E-state index < -0.39 is 0 Å². The summed E-state index contributed by atoms with van der Waals surface area (Å²) in [5.41, 5.74) is 1.31. The number of nitrogens with zero attached hydrogens (tertiary/aromatic N) is 1. The van der Waals surface area contributed by atoms with E-state index >= 15 is 0 Å². The van der Waals surface area contributed by atoms with Crippen molar-refractivity contribution in [2.75, 3.05) is 6.61 Å². The summed E-state index contributed by atoms with van der Waals surface area (Å²) in [5, 5.41) is 8.48. The molecule has 0 amide bonds. The van der Waals surface area contributed by atoms with Crippen molar-refractivity contribution in [1.82, 2.24) is 0 Å². The van der Waals surface area contributed by atoms with Gasteiger partial charge in [0.2, 0.25) is 0 Å². The molecule has 0 spiro atoms. The SMILES string of the molecule is CCOC(=O)CC=Cc1cccc(C(=O)CC#N)c1. The quantitative estimate of drug-likeness (QED) is 0.580. The summed E-state index contributed by atoms with van der Waals surface area (Å²) in [5.74, 6) is -0.487. The van der Waals surface area contributed by atoms with E-state index in [0.717, 1.165) is 5.56 Å². The zero-order valence-electron chi connectivity index (χ0n) is 10.8. The summed E-state index contributed by atoms with van der Waals surface area (Å²) >= 11 is 0. The van der Waals surface area contributed by atoms with Crippen molar-refractivity contribution >= 4 is 17.8 Å². The van der Waals surface area contributed by atoms with Crippen LogP contribution in [-0.4, -0.2) is 18.4 Å². The fourth-order valence-electron chi connectivity index (χ4n) is 1.50. The van der Waals surface area contributed by atoms with Gasteiger partial charge >= 0.3 is 5.97 Å². The van der Waals surface area contributed by atoms with Crippen LogP contribution in [0.5, 0.6) is 0 Å². The zero-order valence-corrected chi connectivity index (χ0v) is 10.8. The number of esters is 1. The summed E-state index contributed by atoms with van der Waals surface area (Å²) < 4.78 is 4.79. The van der Waals surface area contributed by atoms with E-state index in [9.17, 15) is 9.59 Å². The molecule has 0 unspecified atom stereocenters. The molecule has 1 rings (SSSR count). The molecule has 0 aromatic heterocycles. The molecular weight excluding hydrogens is 242 g/mol. The molecule has 0 radical (unpaired) electrons. The Morgan fingerprint density at radius 1 is 1.42 bits per heavy atom. The van der Waals surface area contributed by atoms with Gasteiger partial charge in [-0.05, 0) is 18.6 Å². The molecule has 19 heavy (non-hydrogen) atoms. The lowest BCUT2D eigenvalue weighted by atomic mass is 10.1. The van der Waals surface area contributed by atoms with E-state index in [2.05, 4.69) is 0 Å². The van der Waals surface area contributed by atoms with E-state index in [-0.39, 0.29) is 24.6 Å². The predicted octanol–water partition coefficient (Wildman–Crippen LogP) is 2.75. The first-order valence-electron chi connectivity index (χ1n) is 5.99. The van der Waals surface area contributed by atoms with Gasteiger partial charge in [0.1, 0.15) is 0 Å². The second-order valence-corrected chi connectivity index (χ2v) is 3.80. The highest BCUT2D eigenvalue weighted by Crippen LogP contribution is 2.09. The van der Waals surface area contributed by atoms with E-state index in [1.807, 2.05) is 12.1 Å². The third-order valence-corrected chi connectivity index (χ3v) is 2.35. The molecule has 0 heterocycles. The number of carbonyl (C=O) groups excluding carboxylic acids is 2. The Kier molecular flexibility index (Phi) is 6.04. The Balaban J connectivity index is 2.67. The van der Waals surface area contributed by atoms with Gasteiger partial charge in [-0.2, -0.15) is 5.26 Å². The number of Topliss-reactive ketones (excluding diaryl/α,β-unsaturated/α-hetero) is 1. The van der Waals surface area contributed by atoms with Crippen LogP contribution >= 0.6 is 0 Å². The van der Waals surface area contributed by atoms with Gasteiger partial charge < -0.3 is 4.74 Å². The maximum Gasteiger partial charge on any atom is 0.309 e. The number of hydrogen-bond acceptors (Lipinski definition) is 4. The predicted molar refractivity (Wildman–Crippen MR) is 71.3 cm³/mol. The molecule has 0 N–H and O–H groups in total. The Hall–Kier alpha value is -2.41. The molecular formula is C15H15NO3. The molecule has 0 atom stereocenters. The topological polar surface area (TPSA) is 67.2 Å². The van der Waals surface area contributed by atoms with Crippen LogP contribution in [0.2, 0.25) is 0 Å². The van der Waals surface area contributed by atoms with Crippen molar-refractivity contribution in [1.29, 1.82) is 5.26 Å². The molecule has 4 nitrogen and oxygen atoms in total. The third-order valence-electron chi connectivity index (χ3n) is 2.35. The lowest BCUT2D eigenvalue weighted by Crippen LogP contribution is -2.01. The van der Waals surface area contributed by atoms with Crippen LogP contribution in [0.25, 0.3) is 6.08 Å². The van der Waals surface area contributed by atoms with Crippen molar-refractivity contribution in [2.24, 2.45) is 0 Å². The molecule has 1 aromatic rings. The van der Waals surface area contributed by atoms with Crippen LogP contribution in [0, 0.1) is 11.3 Å². The van der Waals surface area contributed by atoms with Gasteiger partial charge in [0.25, 0.3) is 0 Å². The van der Waals surface area contributed by atoms with E-state index in [4.69, 9.17) is 10.00 Å². The molecule has 0 fully saturated rings. The Labute approximate surface area is 112 Å². The van der Waals surface area contributed by atoms with Crippen LogP contribution in [0.3, 0.4) is 0 Å². The van der Waals surface area contributed by atoms with E-state index in [1.54, 1.807) is 37.3 Å². The molecule has 0 aliphatic carbocycles. The van der Waals surface area contributed by atoms with Crippen LogP contribution in [0.15, 0.2) is 30.3 Å². The van der Waals surface area contributed by atoms with Gasteiger partial charge in [0.15, 0.2) is 5.78 Å². The van der Waals surface area contributed by atoms with Crippen LogP contribution in [-0.2, 0) is 9.53 Å². The standard InChI is InChI=1S/C15H15NO3/c1-2-19-15(18)8-4-6-12-5-3-7-13(11-12)14(17)9-10-16/h3-7,11H,2,8-9H2,1H3. The molecule has 4 heteroatoms. The minimum absolute atomic E-state index is 0.129. The van der Waals surface area contributed by atoms with Gasteiger partial charge in [-0.1, -0.05) is 30.4 Å². The van der Waals surface area contributed by atoms with Crippen molar-refractivity contribution in [3.63, 3.8) is 0 Å². The van der Waals surface area contributed by atoms with Crippen molar-refractivity contribution in [2.45, 2.75) is 19.8 Å². The second-order valence-electron chi connectivity index (χ2n) is 3.80. The number of benzene rings is 1. The summed E-state index contributed by atoms with van der Waals surface area (Å²) in [7, 11) is 0. The third kappa shape index (κ3) is 5.17. The van der Waals surface area contributed by atoms with Crippen molar-refractivity contribution in [3.05, 3.63) is 41.5 Å². The molecule has 1 aromatic carbocycles. The molecule has 0 bridgehead atoms. The average Bonchev–Trinajstić information content (AvgIpc) is 2.40. The molecule has 0 saturated carbocycles. The van der Waals surface area contributed by atoms with Crippen LogP contribution in [0.1, 0.15) is 35.7 Å². The van der Waals surface area contributed by atoms with Gasteiger partial charge in [-0.3, -0.25) is 9.59 Å². The lowest BCUT2D eigenvalue weighted by molar-refractivity contribution is -0.142. The number of ketones is 1. The zero-order chi connectivity index (χ0) is 14.1. The monoisotopic (exact) mass is 257 g/mol. The fourth-order valence-corrected chi connectivity index (χ4v) is 1.50. The number of rotatable bonds is 6. The molecule has 0 saturated heterocycles. The Bertz CT molecular complexity index is 526. The first-order chi connectivity index (χ1) is 9.17. The van der Waals surface area contributed by atoms with E-state index in [0.29, 0.717) is 12.2 Å². The van der Waals surface area contributed by atoms with Crippen molar-refractivity contribution in [3.8, 4) is 6.07 Å². The molecule has 0 aliphatic heterocycles. The summed E-state index contributed by atoms with van der Waals surface area (Å²) in [6.07, 6.45) is 3.51. The fraction of sp³-hybridized carbons (Fsp3) is 0.267. The highest BCUT2D eigenvalue weighted by molar-refractivity contribution is 5.97. The first-order valence-corrected chi connectivity index (χ1v) is 5.99. The molecule has 98 valence electrons. The smallest absolute Gasteiger partial charge is 0.309 e. The highest BCUT2D eigenvalue weighted by Gasteiger charge is 2.04. The maximum absolute atomic E-state index is 11.5. The Morgan fingerprint density at radius 2 is 2.21 bits per heavy atom. The number of nitriles is 1. The Morgan fingerprint density at radius 3 is 2.89 bits per heavy atom. The molecule has 0 aliphatic rings. The van der Waals surface area contributed by atoms with Crippen molar-refractivity contribution < 1.29 is 14.3 Å². The number of carbonyl (C=O) groups is 2. The van der Waals surface area contributed by atoms with Gasteiger partial charge in [-0.25, -0.2) is 0 Å². The maximum atomic E-state index is 11.5. The summed E-state index contributed by atoms with van der Waals surface area (Å²) in [6, 6.07) is 8.76. The first kappa shape index (κ1) is 14.7. The van der Waals surface area contributed by atoms with Crippen LogP contribution in [0.4, 0.5) is 0 Å². The minimum Gasteiger partial charge on any atom is -0.466 e.